The molecule has 120 valence electrons. The van der Waals surface area contributed by atoms with Gasteiger partial charge in [0.25, 0.3) is 0 Å². The molecule has 21 heavy (non-hydrogen) atoms. The Labute approximate surface area is 129 Å². The standard InChI is InChI=1S/C18H31NO2/c1-4-10-18(21-3)14-13-16(2)11-8-6-5-7-9-12-17(19)15-20/h4,6,8-9,11-12,17-18,20H,1,5,7,10,13-15,19H2,2-3H3/b8-6+,12-9-,16-11+/t17-,18+/m1/s1. The van der Waals surface area contributed by atoms with Gasteiger partial charge in [-0.15, -0.1) is 6.58 Å². The van der Waals surface area contributed by atoms with Gasteiger partial charge in [-0.25, -0.2) is 0 Å². The molecule has 0 saturated carbocycles. The molecular formula is C18H31NO2. The zero-order valence-corrected chi connectivity index (χ0v) is 13.5. The van der Waals surface area contributed by atoms with Crippen LogP contribution in [0.4, 0.5) is 0 Å². The van der Waals surface area contributed by atoms with Crippen LogP contribution < -0.4 is 5.73 Å². The Morgan fingerprint density at radius 1 is 1.33 bits per heavy atom. The van der Waals surface area contributed by atoms with Crippen LogP contribution in [0.2, 0.25) is 0 Å². The largest absolute Gasteiger partial charge is 0.394 e. The van der Waals surface area contributed by atoms with Crippen molar-refractivity contribution in [3.05, 3.63) is 48.6 Å². The maximum Gasteiger partial charge on any atom is 0.0618 e. The molecule has 0 radical (unpaired) electrons. The van der Waals surface area contributed by atoms with E-state index in [1.165, 1.54) is 5.57 Å². The van der Waals surface area contributed by atoms with Crippen LogP contribution in [-0.4, -0.2) is 31.0 Å². The molecular weight excluding hydrogens is 262 g/mol. The SMILES string of the molecule is C=CC[C@@H](CC/C(C)=C/C=C/CC/C=C\[C@@H](N)CO)OC. The summed E-state index contributed by atoms with van der Waals surface area (Å²) in [6, 6.07) is -0.236. The molecule has 0 rings (SSSR count). The lowest BCUT2D eigenvalue weighted by molar-refractivity contribution is 0.0981. The number of aliphatic hydroxyl groups is 1. The van der Waals surface area contributed by atoms with E-state index in [9.17, 15) is 0 Å². The highest BCUT2D eigenvalue weighted by Gasteiger charge is 2.04. The fourth-order valence-corrected chi connectivity index (χ4v) is 1.84. The van der Waals surface area contributed by atoms with Crippen molar-refractivity contribution < 1.29 is 9.84 Å². The van der Waals surface area contributed by atoms with Gasteiger partial charge in [0, 0.05) is 13.2 Å². The van der Waals surface area contributed by atoms with Crippen molar-refractivity contribution in [3.8, 4) is 0 Å². The molecule has 0 spiro atoms. The van der Waals surface area contributed by atoms with Crippen molar-refractivity contribution in [3.63, 3.8) is 0 Å². The number of unbranched alkanes of at least 4 members (excludes halogenated alkanes) is 1. The van der Waals surface area contributed by atoms with E-state index in [2.05, 4.69) is 31.7 Å². The number of methoxy groups -OCH3 is 1. The lowest BCUT2D eigenvalue weighted by Gasteiger charge is -2.12. The van der Waals surface area contributed by atoms with Crippen molar-refractivity contribution >= 4 is 0 Å². The topological polar surface area (TPSA) is 55.5 Å². The number of hydrogen-bond donors (Lipinski definition) is 2. The fraction of sp³-hybridized carbons (Fsp3) is 0.556. The Morgan fingerprint density at radius 3 is 2.67 bits per heavy atom. The predicted octanol–water partition coefficient (Wildman–Crippen LogP) is 3.52. The van der Waals surface area contributed by atoms with Crippen LogP contribution in [0.1, 0.15) is 39.0 Å². The van der Waals surface area contributed by atoms with E-state index in [0.717, 1.165) is 32.1 Å². The molecule has 3 nitrogen and oxygen atoms in total. The molecule has 0 aliphatic carbocycles. The molecule has 0 aliphatic heterocycles. The molecule has 0 aromatic heterocycles. The zero-order chi connectivity index (χ0) is 15.9. The maximum atomic E-state index is 8.77. The third-order valence-electron chi connectivity index (χ3n) is 3.23. The molecule has 0 saturated heterocycles. The molecule has 0 aromatic rings. The minimum absolute atomic E-state index is 0.00257. The first-order chi connectivity index (χ1) is 10.1. The average molecular weight is 293 g/mol. The van der Waals surface area contributed by atoms with Gasteiger partial charge in [-0.05, 0) is 39.0 Å². The molecule has 3 N–H and O–H groups in total. The van der Waals surface area contributed by atoms with Crippen molar-refractivity contribution in [1.29, 1.82) is 0 Å². The number of allylic oxidation sites excluding steroid dienone is 5. The average Bonchev–Trinajstić information content (AvgIpc) is 2.50. The number of rotatable bonds is 12. The second-order valence-corrected chi connectivity index (χ2v) is 5.21. The second-order valence-electron chi connectivity index (χ2n) is 5.21. The Hall–Kier alpha value is -1.16. The highest BCUT2D eigenvalue weighted by atomic mass is 16.5. The summed E-state index contributed by atoms with van der Waals surface area (Å²) in [4.78, 5) is 0. The molecule has 0 bridgehead atoms. The van der Waals surface area contributed by atoms with E-state index in [1.54, 1.807) is 7.11 Å². The van der Waals surface area contributed by atoms with E-state index in [1.807, 2.05) is 18.2 Å². The Balaban J connectivity index is 3.87. The van der Waals surface area contributed by atoms with Crippen LogP contribution in [0, 0.1) is 0 Å². The van der Waals surface area contributed by atoms with E-state index >= 15 is 0 Å². The van der Waals surface area contributed by atoms with E-state index in [4.69, 9.17) is 15.6 Å². The summed E-state index contributed by atoms with van der Waals surface area (Å²) >= 11 is 0. The molecule has 2 atom stereocenters. The zero-order valence-electron chi connectivity index (χ0n) is 13.5. The van der Waals surface area contributed by atoms with Gasteiger partial charge in [-0.1, -0.05) is 42.0 Å². The molecule has 0 aromatic carbocycles. The van der Waals surface area contributed by atoms with Gasteiger partial charge in [0.05, 0.1) is 12.7 Å². The first-order valence-corrected chi connectivity index (χ1v) is 7.63. The number of ether oxygens (including phenoxy) is 1. The van der Waals surface area contributed by atoms with Crippen LogP contribution in [0.15, 0.2) is 48.6 Å². The van der Waals surface area contributed by atoms with Gasteiger partial charge >= 0.3 is 0 Å². The molecule has 0 amide bonds. The lowest BCUT2D eigenvalue weighted by atomic mass is 10.1. The summed E-state index contributed by atoms with van der Waals surface area (Å²) in [5, 5.41) is 8.77. The number of hydrogen-bond acceptors (Lipinski definition) is 3. The maximum absolute atomic E-state index is 8.77. The highest BCUT2D eigenvalue weighted by molar-refractivity contribution is 5.10. The normalized spacial score (nSPS) is 15.7. The molecule has 0 aliphatic rings. The van der Waals surface area contributed by atoms with Gasteiger partial charge in [0.1, 0.15) is 0 Å². The molecule has 0 fully saturated rings. The number of nitrogens with two attached hydrogens (primary N) is 1. The smallest absolute Gasteiger partial charge is 0.0618 e. The van der Waals surface area contributed by atoms with Crippen molar-refractivity contribution in [2.45, 2.75) is 51.2 Å². The van der Waals surface area contributed by atoms with E-state index < -0.39 is 0 Å². The quantitative estimate of drug-likeness (QED) is 0.329. The summed E-state index contributed by atoms with van der Waals surface area (Å²) in [6.07, 6.45) is 17.4. The summed E-state index contributed by atoms with van der Waals surface area (Å²) in [5.41, 5.74) is 6.92. The Morgan fingerprint density at radius 2 is 2.05 bits per heavy atom. The van der Waals surface area contributed by atoms with Crippen LogP contribution in [0.5, 0.6) is 0 Å². The molecule has 3 heteroatoms. The first kappa shape index (κ1) is 19.8. The van der Waals surface area contributed by atoms with E-state index in [-0.39, 0.29) is 18.8 Å². The Bertz CT molecular complexity index is 345. The van der Waals surface area contributed by atoms with Crippen molar-refractivity contribution in [2.75, 3.05) is 13.7 Å². The second kappa shape index (κ2) is 13.8. The minimum atomic E-state index is -0.236. The number of aliphatic hydroxyl groups excluding tert-OH is 1. The molecule has 0 unspecified atom stereocenters. The van der Waals surface area contributed by atoms with Crippen LogP contribution in [0.3, 0.4) is 0 Å². The van der Waals surface area contributed by atoms with Crippen molar-refractivity contribution in [1.82, 2.24) is 0 Å². The van der Waals surface area contributed by atoms with Gasteiger partial charge in [0.15, 0.2) is 0 Å². The minimum Gasteiger partial charge on any atom is -0.394 e. The van der Waals surface area contributed by atoms with Crippen molar-refractivity contribution in [2.24, 2.45) is 5.73 Å². The van der Waals surface area contributed by atoms with Crippen LogP contribution >= 0.6 is 0 Å². The summed E-state index contributed by atoms with van der Waals surface area (Å²) < 4.78 is 5.39. The lowest BCUT2D eigenvalue weighted by Crippen LogP contribution is -2.20. The third-order valence-corrected chi connectivity index (χ3v) is 3.23. The van der Waals surface area contributed by atoms with Crippen LogP contribution in [-0.2, 0) is 4.74 Å². The fourth-order valence-electron chi connectivity index (χ4n) is 1.84. The Kier molecular flexibility index (Phi) is 13.0. The first-order valence-electron chi connectivity index (χ1n) is 7.63. The van der Waals surface area contributed by atoms with Gasteiger partial charge < -0.3 is 15.6 Å². The summed E-state index contributed by atoms with van der Waals surface area (Å²) in [6.45, 7) is 5.89. The summed E-state index contributed by atoms with van der Waals surface area (Å²) in [5.74, 6) is 0. The summed E-state index contributed by atoms with van der Waals surface area (Å²) in [7, 11) is 1.75. The van der Waals surface area contributed by atoms with Gasteiger partial charge in [-0.2, -0.15) is 0 Å². The predicted molar refractivity (Wildman–Crippen MR) is 91.2 cm³/mol. The van der Waals surface area contributed by atoms with Crippen LogP contribution in [0.25, 0.3) is 0 Å². The molecule has 0 heterocycles. The monoisotopic (exact) mass is 293 g/mol. The third kappa shape index (κ3) is 12.3. The van der Waals surface area contributed by atoms with E-state index in [0.29, 0.717) is 0 Å². The van der Waals surface area contributed by atoms with Gasteiger partial charge in [-0.3, -0.25) is 0 Å². The highest BCUT2D eigenvalue weighted by Crippen LogP contribution is 2.12. The van der Waals surface area contributed by atoms with Gasteiger partial charge in [0.2, 0.25) is 0 Å².